The lowest BCUT2D eigenvalue weighted by Crippen LogP contribution is -2.39. The Balaban J connectivity index is 1.68. The van der Waals surface area contributed by atoms with Crippen molar-refractivity contribution in [1.29, 1.82) is 0 Å². The Morgan fingerprint density at radius 2 is 1.84 bits per heavy atom. The van der Waals surface area contributed by atoms with Crippen molar-refractivity contribution in [2.24, 2.45) is 5.92 Å². The highest BCUT2D eigenvalue weighted by Crippen LogP contribution is 2.27. The van der Waals surface area contributed by atoms with Gasteiger partial charge in [-0.1, -0.05) is 30.3 Å². The lowest BCUT2D eigenvalue weighted by Gasteiger charge is -2.27. The van der Waals surface area contributed by atoms with E-state index in [-0.39, 0.29) is 23.8 Å². The molecule has 1 aliphatic rings. The molecule has 1 aromatic carbocycles. The lowest BCUT2D eigenvalue weighted by molar-refractivity contribution is -0.146. The van der Waals surface area contributed by atoms with Gasteiger partial charge in [-0.15, -0.1) is 0 Å². The van der Waals surface area contributed by atoms with Gasteiger partial charge in [-0.2, -0.15) is 0 Å². The number of hydrogen-bond donors (Lipinski definition) is 1. The normalized spacial score (nSPS) is 20.1. The zero-order valence-corrected chi connectivity index (χ0v) is 14.5. The van der Waals surface area contributed by atoms with Crippen LogP contribution in [0.2, 0.25) is 0 Å². The topological polar surface area (TPSA) is 81.4 Å². The largest absolute Gasteiger partial charge is 0.469 e. The first-order valence-corrected chi connectivity index (χ1v) is 8.50. The van der Waals surface area contributed by atoms with Crippen LogP contribution in [0.3, 0.4) is 0 Å². The first kappa shape index (κ1) is 17.2. The van der Waals surface area contributed by atoms with Crippen molar-refractivity contribution < 1.29 is 18.7 Å². The minimum atomic E-state index is -0.239. The molecule has 6 heteroatoms. The zero-order valence-electron chi connectivity index (χ0n) is 14.5. The number of esters is 1. The van der Waals surface area contributed by atoms with Crippen LogP contribution >= 0.6 is 0 Å². The van der Waals surface area contributed by atoms with Crippen LogP contribution in [-0.2, 0) is 9.53 Å². The number of nitrogens with zero attached hydrogens (tertiary/aromatic N) is 1. The summed E-state index contributed by atoms with van der Waals surface area (Å²) in [4.78, 5) is 28.5. The maximum Gasteiger partial charge on any atom is 0.308 e. The highest BCUT2D eigenvalue weighted by atomic mass is 16.5. The van der Waals surface area contributed by atoms with E-state index in [0.717, 1.165) is 31.2 Å². The number of aromatic nitrogens is 1. The Morgan fingerprint density at radius 1 is 1.16 bits per heavy atom. The number of hydrogen-bond acceptors (Lipinski definition) is 5. The quantitative estimate of drug-likeness (QED) is 0.864. The smallest absolute Gasteiger partial charge is 0.308 e. The average Bonchev–Trinajstić information content (AvgIpc) is 3.04. The number of carbonyl (C=O) groups excluding carboxylic acids is 2. The van der Waals surface area contributed by atoms with Gasteiger partial charge in [-0.3, -0.25) is 9.59 Å². The van der Waals surface area contributed by atoms with Crippen molar-refractivity contribution in [3.63, 3.8) is 0 Å². The van der Waals surface area contributed by atoms with E-state index in [2.05, 4.69) is 10.3 Å². The lowest BCUT2D eigenvalue weighted by atomic mass is 9.86. The summed E-state index contributed by atoms with van der Waals surface area (Å²) in [6.07, 6.45) is 2.95. The Labute approximate surface area is 146 Å². The Morgan fingerprint density at radius 3 is 2.48 bits per heavy atom. The van der Waals surface area contributed by atoms with E-state index < -0.39 is 0 Å². The van der Waals surface area contributed by atoms with Crippen molar-refractivity contribution >= 4 is 11.9 Å². The van der Waals surface area contributed by atoms with Crippen molar-refractivity contribution in [3.05, 3.63) is 41.9 Å². The number of ether oxygens (including phenoxy) is 1. The summed E-state index contributed by atoms with van der Waals surface area (Å²) < 4.78 is 10.4. The van der Waals surface area contributed by atoms with Crippen LogP contribution in [0.5, 0.6) is 0 Å². The van der Waals surface area contributed by atoms with Gasteiger partial charge < -0.3 is 14.5 Å². The van der Waals surface area contributed by atoms with Crippen molar-refractivity contribution in [2.45, 2.75) is 38.6 Å². The molecular weight excluding hydrogens is 320 g/mol. The molecule has 1 amide bonds. The fourth-order valence-corrected chi connectivity index (χ4v) is 3.26. The van der Waals surface area contributed by atoms with Gasteiger partial charge in [-0.05, 0) is 25.7 Å². The van der Waals surface area contributed by atoms with Gasteiger partial charge in [0.2, 0.25) is 0 Å². The van der Waals surface area contributed by atoms with E-state index in [0.29, 0.717) is 17.3 Å². The van der Waals surface area contributed by atoms with Crippen molar-refractivity contribution in [1.82, 2.24) is 10.3 Å². The Kier molecular flexibility index (Phi) is 5.16. The van der Waals surface area contributed by atoms with Crippen LogP contribution in [0, 0.1) is 12.8 Å². The van der Waals surface area contributed by atoms with E-state index in [4.69, 9.17) is 9.15 Å². The monoisotopic (exact) mass is 342 g/mol. The zero-order chi connectivity index (χ0) is 17.8. The summed E-state index contributed by atoms with van der Waals surface area (Å²) >= 11 is 0. The summed E-state index contributed by atoms with van der Waals surface area (Å²) in [7, 11) is 1.41. The predicted octanol–water partition coefficient (Wildman–Crippen LogP) is 3.11. The number of amides is 1. The molecule has 1 aliphatic carbocycles. The molecule has 132 valence electrons. The third-order valence-electron chi connectivity index (χ3n) is 4.58. The molecule has 1 aromatic heterocycles. The van der Waals surface area contributed by atoms with Gasteiger partial charge in [0.05, 0.1) is 13.0 Å². The van der Waals surface area contributed by atoms with Crippen LogP contribution in [0.1, 0.15) is 42.1 Å². The van der Waals surface area contributed by atoms with Gasteiger partial charge in [0.15, 0.2) is 17.3 Å². The average molecular weight is 342 g/mol. The van der Waals surface area contributed by atoms with Crippen molar-refractivity contribution in [2.75, 3.05) is 7.11 Å². The molecule has 1 saturated carbocycles. The molecule has 0 saturated heterocycles. The minimum Gasteiger partial charge on any atom is -0.469 e. The maximum atomic E-state index is 12.7. The molecule has 1 fully saturated rings. The summed E-state index contributed by atoms with van der Waals surface area (Å²) in [6.45, 7) is 1.73. The van der Waals surface area contributed by atoms with Gasteiger partial charge in [0.25, 0.3) is 5.91 Å². The van der Waals surface area contributed by atoms with Crippen LogP contribution in [-0.4, -0.2) is 30.0 Å². The molecular formula is C19H22N2O4. The summed E-state index contributed by atoms with van der Waals surface area (Å²) in [5, 5.41) is 3.02. The first-order chi connectivity index (χ1) is 12.1. The van der Waals surface area contributed by atoms with E-state index in [9.17, 15) is 9.59 Å². The van der Waals surface area contributed by atoms with Gasteiger partial charge in [0.1, 0.15) is 0 Å². The number of carbonyl (C=O) groups is 2. The van der Waals surface area contributed by atoms with E-state index in [1.54, 1.807) is 6.92 Å². The number of rotatable bonds is 4. The molecule has 0 unspecified atom stereocenters. The number of benzene rings is 1. The summed E-state index contributed by atoms with van der Waals surface area (Å²) in [5.41, 5.74) is 1.13. The van der Waals surface area contributed by atoms with Crippen LogP contribution < -0.4 is 5.32 Å². The predicted molar refractivity (Wildman–Crippen MR) is 91.9 cm³/mol. The summed E-state index contributed by atoms with van der Waals surface area (Å²) in [5.74, 6) is 0.477. The summed E-state index contributed by atoms with van der Waals surface area (Å²) in [6, 6.07) is 9.50. The number of nitrogens with one attached hydrogen (secondary N) is 1. The third kappa shape index (κ3) is 3.90. The van der Waals surface area contributed by atoms with E-state index >= 15 is 0 Å². The molecule has 6 nitrogen and oxygen atoms in total. The number of methoxy groups -OCH3 is 1. The molecule has 0 atom stereocenters. The second kappa shape index (κ2) is 7.51. The Bertz CT molecular complexity index is 746. The van der Waals surface area contributed by atoms with E-state index in [1.807, 2.05) is 30.3 Å². The Hall–Kier alpha value is -2.63. The standard InChI is InChI=1S/C19H22N2O4/c1-12-20-16(17(25-12)13-6-4-3-5-7-13)18(22)21-15-10-8-14(9-11-15)19(23)24-2/h3-7,14-15H,8-11H2,1-2H3,(H,21,22). The van der Waals surface area contributed by atoms with Gasteiger partial charge in [0, 0.05) is 18.5 Å². The molecule has 1 heterocycles. The number of aryl methyl sites for hydroxylation is 1. The second-order valence-corrected chi connectivity index (χ2v) is 6.32. The SMILES string of the molecule is COC(=O)C1CCC(NC(=O)c2nc(C)oc2-c2ccccc2)CC1. The molecule has 2 aromatic rings. The maximum absolute atomic E-state index is 12.7. The van der Waals surface area contributed by atoms with Gasteiger partial charge in [-0.25, -0.2) is 4.98 Å². The van der Waals surface area contributed by atoms with Crippen molar-refractivity contribution in [3.8, 4) is 11.3 Å². The molecule has 3 rings (SSSR count). The molecule has 0 spiro atoms. The third-order valence-corrected chi connectivity index (χ3v) is 4.58. The highest BCUT2D eigenvalue weighted by Gasteiger charge is 2.29. The fraction of sp³-hybridized carbons (Fsp3) is 0.421. The highest BCUT2D eigenvalue weighted by molar-refractivity contribution is 5.97. The molecule has 0 aliphatic heterocycles. The van der Waals surface area contributed by atoms with Crippen LogP contribution in [0.4, 0.5) is 0 Å². The van der Waals surface area contributed by atoms with Crippen LogP contribution in [0.15, 0.2) is 34.7 Å². The van der Waals surface area contributed by atoms with Gasteiger partial charge >= 0.3 is 5.97 Å². The molecule has 0 bridgehead atoms. The molecule has 0 radical (unpaired) electrons. The first-order valence-electron chi connectivity index (χ1n) is 8.50. The molecule has 25 heavy (non-hydrogen) atoms. The molecule has 1 N–H and O–H groups in total. The number of oxazole rings is 1. The second-order valence-electron chi connectivity index (χ2n) is 6.32. The van der Waals surface area contributed by atoms with Crippen LogP contribution in [0.25, 0.3) is 11.3 Å². The minimum absolute atomic E-state index is 0.0361. The van der Waals surface area contributed by atoms with E-state index in [1.165, 1.54) is 7.11 Å². The fourth-order valence-electron chi connectivity index (χ4n) is 3.26.